The minimum atomic E-state index is -3.45. The van der Waals surface area contributed by atoms with Crippen LogP contribution in [0.1, 0.15) is 11.3 Å². The Kier molecular flexibility index (Phi) is 3.00. The summed E-state index contributed by atoms with van der Waals surface area (Å²) in [5.41, 5.74) is 1.49. The summed E-state index contributed by atoms with van der Waals surface area (Å²) < 4.78 is 26.3. The van der Waals surface area contributed by atoms with Gasteiger partial charge >= 0.3 is 0 Å². The first-order valence-corrected chi connectivity index (χ1v) is 5.31. The van der Waals surface area contributed by atoms with Gasteiger partial charge < -0.3 is 0 Å². The van der Waals surface area contributed by atoms with Gasteiger partial charge in [-0.1, -0.05) is 6.07 Å². The van der Waals surface area contributed by atoms with Crippen molar-refractivity contribution >= 4 is 10.1 Å². The Morgan fingerprint density at radius 2 is 2.15 bits per heavy atom. The van der Waals surface area contributed by atoms with Gasteiger partial charge in [0.1, 0.15) is 5.75 Å². The van der Waals surface area contributed by atoms with Crippen LogP contribution >= 0.6 is 0 Å². The summed E-state index contributed by atoms with van der Waals surface area (Å²) >= 11 is 0. The second-order valence-electron chi connectivity index (χ2n) is 2.70. The molecule has 0 N–H and O–H groups in total. The maximum absolute atomic E-state index is 11.0. The number of pyridine rings is 1. The molecular formula is C8H11NO3S. The lowest BCUT2D eigenvalue weighted by Crippen LogP contribution is -2.06. The van der Waals surface area contributed by atoms with Crippen LogP contribution < -0.4 is 0 Å². The van der Waals surface area contributed by atoms with Gasteiger partial charge in [-0.2, -0.15) is 8.42 Å². The number of nitrogens with zero attached hydrogens (tertiary/aromatic N) is 1. The van der Waals surface area contributed by atoms with E-state index < -0.39 is 10.1 Å². The molecule has 0 aliphatic carbocycles. The molecule has 0 atom stereocenters. The van der Waals surface area contributed by atoms with E-state index in [9.17, 15) is 8.42 Å². The molecule has 0 aliphatic heterocycles. The lowest BCUT2D eigenvalue weighted by molar-refractivity contribution is 0.396. The van der Waals surface area contributed by atoms with Crippen LogP contribution in [0.5, 0.6) is 0 Å². The zero-order chi connectivity index (χ0) is 9.90. The Bertz CT molecular complexity index is 369. The van der Waals surface area contributed by atoms with Gasteiger partial charge in [-0.3, -0.25) is 9.17 Å². The Morgan fingerprint density at radius 1 is 1.46 bits per heavy atom. The maximum Gasteiger partial charge on any atom is 0.272 e. The van der Waals surface area contributed by atoms with Gasteiger partial charge in [0.25, 0.3) is 10.1 Å². The van der Waals surface area contributed by atoms with Crippen molar-refractivity contribution in [3.05, 3.63) is 29.6 Å². The molecule has 13 heavy (non-hydrogen) atoms. The van der Waals surface area contributed by atoms with E-state index in [0.29, 0.717) is 5.69 Å². The van der Waals surface area contributed by atoms with Crippen molar-refractivity contribution in [2.75, 3.05) is 7.11 Å². The predicted octanol–water partition coefficient (Wildman–Crippen LogP) is 0.866. The van der Waals surface area contributed by atoms with Crippen molar-refractivity contribution in [1.82, 2.24) is 4.98 Å². The topological polar surface area (TPSA) is 56.3 Å². The molecule has 0 aliphatic rings. The van der Waals surface area contributed by atoms with E-state index in [-0.39, 0.29) is 5.75 Å². The van der Waals surface area contributed by atoms with Crippen molar-refractivity contribution in [3.8, 4) is 0 Å². The van der Waals surface area contributed by atoms with Crippen molar-refractivity contribution in [2.24, 2.45) is 0 Å². The molecule has 0 spiro atoms. The molecule has 72 valence electrons. The van der Waals surface area contributed by atoms with Crippen molar-refractivity contribution in [3.63, 3.8) is 0 Å². The average molecular weight is 201 g/mol. The molecule has 0 unspecified atom stereocenters. The van der Waals surface area contributed by atoms with Crippen LogP contribution in [0.15, 0.2) is 18.3 Å². The first-order chi connectivity index (χ1) is 6.03. The molecule has 0 radical (unpaired) electrons. The third-order valence-electron chi connectivity index (χ3n) is 1.55. The van der Waals surface area contributed by atoms with Gasteiger partial charge in [0.15, 0.2) is 0 Å². The molecule has 5 heteroatoms. The van der Waals surface area contributed by atoms with Gasteiger partial charge in [-0.05, 0) is 18.6 Å². The molecule has 0 aromatic carbocycles. The highest BCUT2D eigenvalue weighted by atomic mass is 32.2. The first kappa shape index (κ1) is 10.1. The van der Waals surface area contributed by atoms with Crippen LogP contribution in [0.3, 0.4) is 0 Å². The first-order valence-electron chi connectivity index (χ1n) is 3.73. The predicted molar refractivity (Wildman–Crippen MR) is 48.6 cm³/mol. The molecular weight excluding hydrogens is 190 g/mol. The van der Waals surface area contributed by atoms with E-state index in [1.807, 2.05) is 13.0 Å². The molecule has 1 rings (SSSR count). The summed E-state index contributed by atoms with van der Waals surface area (Å²) in [6, 6.07) is 3.49. The molecule has 0 saturated carbocycles. The fourth-order valence-corrected chi connectivity index (χ4v) is 1.47. The molecule has 0 amide bonds. The van der Waals surface area contributed by atoms with Crippen LogP contribution in [-0.4, -0.2) is 20.5 Å². The van der Waals surface area contributed by atoms with Gasteiger partial charge in [0, 0.05) is 6.20 Å². The number of rotatable bonds is 3. The fourth-order valence-electron chi connectivity index (χ4n) is 0.824. The monoisotopic (exact) mass is 201 g/mol. The van der Waals surface area contributed by atoms with Gasteiger partial charge in [0.05, 0.1) is 12.8 Å². The summed E-state index contributed by atoms with van der Waals surface area (Å²) in [4.78, 5) is 3.95. The third kappa shape index (κ3) is 3.12. The number of hydrogen-bond acceptors (Lipinski definition) is 4. The van der Waals surface area contributed by atoms with E-state index in [1.165, 1.54) is 0 Å². The van der Waals surface area contributed by atoms with Gasteiger partial charge in [-0.15, -0.1) is 0 Å². The van der Waals surface area contributed by atoms with Crippen molar-refractivity contribution < 1.29 is 12.6 Å². The van der Waals surface area contributed by atoms with Crippen molar-refractivity contribution in [1.29, 1.82) is 0 Å². The Balaban J connectivity index is 2.82. The largest absolute Gasteiger partial charge is 0.273 e. The zero-order valence-corrected chi connectivity index (χ0v) is 8.34. The molecule has 1 heterocycles. The summed E-state index contributed by atoms with van der Waals surface area (Å²) in [6.07, 6.45) is 1.63. The highest BCUT2D eigenvalue weighted by Gasteiger charge is 2.10. The Hall–Kier alpha value is -0.940. The molecule has 0 saturated heterocycles. The highest BCUT2D eigenvalue weighted by Crippen LogP contribution is 2.04. The molecule has 1 aromatic heterocycles. The second-order valence-corrected chi connectivity index (χ2v) is 4.43. The summed E-state index contributed by atoms with van der Waals surface area (Å²) in [7, 11) is -2.31. The Morgan fingerprint density at radius 3 is 2.62 bits per heavy atom. The normalized spacial score (nSPS) is 11.5. The van der Waals surface area contributed by atoms with Crippen LogP contribution in [0.2, 0.25) is 0 Å². The molecule has 0 fully saturated rings. The average Bonchev–Trinajstić information content (AvgIpc) is 2.09. The lowest BCUT2D eigenvalue weighted by atomic mass is 10.3. The summed E-state index contributed by atoms with van der Waals surface area (Å²) in [6.45, 7) is 1.89. The number of hydrogen-bond donors (Lipinski definition) is 0. The molecule has 0 bridgehead atoms. The fraction of sp³-hybridized carbons (Fsp3) is 0.375. The van der Waals surface area contributed by atoms with Gasteiger partial charge in [-0.25, -0.2) is 0 Å². The summed E-state index contributed by atoms with van der Waals surface area (Å²) in [5.74, 6) is -0.177. The van der Waals surface area contributed by atoms with Crippen molar-refractivity contribution in [2.45, 2.75) is 12.7 Å². The van der Waals surface area contributed by atoms with Crippen LogP contribution in [0.25, 0.3) is 0 Å². The quantitative estimate of drug-likeness (QED) is 0.681. The van der Waals surface area contributed by atoms with E-state index in [0.717, 1.165) is 12.7 Å². The Labute approximate surface area is 77.7 Å². The minimum absolute atomic E-state index is 0.177. The number of aromatic nitrogens is 1. The van der Waals surface area contributed by atoms with E-state index in [1.54, 1.807) is 12.3 Å². The smallest absolute Gasteiger partial charge is 0.272 e. The highest BCUT2D eigenvalue weighted by molar-refractivity contribution is 7.85. The molecule has 4 nitrogen and oxygen atoms in total. The number of aryl methyl sites for hydroxylation is 1. The lowest BCUT2D eigenvalue weighted by Gasteiger charge is -2.00. The van der Waals surface area contributed by atoms with E-state index >= 15 is 0 Å². The van der Waals surface area contributed by atoms with E-state index in [4.69, 9.17) is 0 Å². The SMILES string of the molecule is COS(=O)(=O)Cc1ccc(C)cn1. The standard InChI is InChI=1S/C8H11NO3S/c1-7-3-4-8(9-5-7)6-13(10,11)12-2/h3-5H,6H2,1-2H3. The summed E-state index contributed by atoms with van der Waals surface area (Å²) in [5, 5.41) is 0. The third-order valence-corrected chi connectivity index (χ3v) is 2.71. The van der Waals surface area contributed by atoms with Crippen LogP contribution in [-0.2, 0) is 20.1 Å². The minimum Gasteiger partial charge on any atom is -0.273 e. The van der Waals surface area contributed by atoms with Crippen LogP contribution in [0, 0.1) is 6.92 Å². The zero-order valence-electron chi connectivity index (χ0n) is 7.52. The maximum atomic E-state index is 11.0. The molecule has 1 aromatic rings. The van der Waals surface area contributed by atoms with Crippen LogP contribution in [0.4, 0.5) is 0 Å². The van der Waals surface area contributed by atoms with E-state index in [2.05, 4.69) is 9.17 Å². The second kappa shape index (κ2) is 3.85. The van der Waals surface area contributed by atoms with Gasteiger partial charge in [0.2, 0.25) is 0 Å².